The van der Waals surface area contributed by atoms with Crippen LogP contribution in [0.2, 0.25) is 0 Å². The number of hydrogen-bond donors (Lipinski definition) is 0. The molecule has 0 radical (unpaired) electrons. The molecule has 0 bridgehead atoms. The van der Waals surface area contributed by atoms with Crippen molar-refractivity contribution < 1.29 is 13.2 Å². The molecule has 1 aromatic heterocycles. The van der Waals surface area contributed by atoms with Crippen molar-refractivity contribution in [2.45, 2.75) is 174 Å². The summed E-state index contributed by atoms with van der Waals surface area (Å²) in [5.41, 5.74) is 8.01. The maximum absolute atomic E-state index is 13.2. The number of hydrogen-bond acceptors (Lipinski definition) is 1. The van der Waals surface area contributed by atoms with Gasteiger partial charge < -0.3 is 0 Å². The molecule has 0 unspecified atom stereocenters. The molecule has 0 fully saturated rings. The number of halogens is 3. The van der Waals surface area contributed by atoms with Gasteiger partial charge >= 0.3 is 0 Å². The van der Waals surface area contributed by atoms with E-state index >= 15 is 0 Å². The van der Waals surface area contributed by atoms with Crippen LogP contribution in [0.15, 0.2) is 188 Å². The molecule has 426 valence electrons. The Labute approximate surface area is 476 Å². The van der Waals surface area contributed by atoms with E-state index in [-0.39, 0.29) is 17.5 Å². The molecule has 6 aromatic carbocycles. The van der Waals surface area contributed by atoms with Crippen molar-refractivity contribution in [2.24, 2.45) is 41.4 Å². The van der Waals surface area contributed by atoms with E-state index in [0.29, 0.717) is 53.3 Å². The van der Waals surface area contributed by atoms with Crippen LogP contribution in [0.3, 0.4) is 0 Å². The van der Waals surface area contributed by atoms with Gasteiger partial charge in [0.15, 0.2) is 0 Å². The maximum Gasteiger partial charge on any atom is 0.126 e. The van der Waals surface area contributed by atoms with Crippen molar-refractivity contribution >= 4 is 0 Å². The molecule has 0 amide bonds. The fraction of sp³-hybridized carbons (Fsp3) is 0.446. The maximum atomic E-state index is 13.2. The van der Waals surface area contributed by atoms with Crippen LogP contribution in [0.1, 0.15) is 200 Å². The molecule has 0 saturated heterocycles. The van der Waals surface area contributed by atoms with Gasteiger partial charge in [-0.2, -0.15) is 0 Å². The van der Waals surface area contributed by atoms with Crippen LogP contribution in [0.25, 0.3) is 0 Å². The Morgan fingerprint density at radius 2 is 0.615 bits per heavy atom. The highest BCUT2D eigenvalue weighted by atomic mass is 19.1. The molecule has 0 aliphatic heterocycles. The van der Waals surface area contributed by atoms with Gasteiger partial charge in [0.2, 0.25) is 0 Å². The molecular formula is C74H104F3N. The second-order valence-electron chi connectivity index (χ2n) is 23.6. The fourth-order valence-electron chi connectivity index (χ4n) is 7.87. The molecule has 0 N–H and O–H groups in total. The Morgan fingerprint density at radius 1 is 0.295 bits per heavy atom. The third-order valence-corrected chi connectivity index (χ3v) is 14.7. The average Bonchev–Trinajstić information content (AvgIpc) is 3.42. The molecule has 1 nitrogen and oxygen atoms in total. The Morgan fingerprint density at radius 3 is 0.936 bits per heavy atom. The smallest absolute Gasteiger partial charge is 0.126 e. The van der Waals surface area contributed by atoms with Crippen LogP contribution in [0.4, 0.5) is 13.2 Å². The minimum absolute atomic E-state index is 0.0822. The highest BCUT2D eigenvalue weighted by Crippen LogP contribution is 2.27. The van der Waals surface area contributed by atoms with Crippen LogP contribution < -0.4 is 0 Å². The lowest BCUT2D eigenvalue weighted by atomic mass is 9.90. The molecule has 0 aliphatic carbocycles. The van der Waals surface area contributed by atoms with Crippen LogP contribution in [-0.4, -0.2) is 4.98 Å². The molecular weight excluding hydrogens is 960 g/mol. The van der Waals surface area contributed by atoms with E-state index in [2.05, 4.69) is 234 Å². The molecule has 7 aromatic rings. The van der Waals surface area contributed by atoms with Crippen LogP contribution in [0, 0.1) is 58.9 Å². The first-order valence-corrected chi connectivity index (χ1v) is 29.2. The summed E-state index contributed by atoms with van der Waals surface area (Å²) >= 11 is 0. The van der Waals surface area contributed by atoms with E-state index in [1.165, 1.54) is 47.0 Å². The lowest BCUT2D eigenvalue weighted by Gasteiger charge is -2.16. The first kappa shape index (κ1) is 70.3. The normalized spacial score (nSPS) is 12.6. The fourth-order valence-corrected chi connectivity index (χ4v) is 7.87. The van der Waals surface area contributed by atoms with Crippen molar-refractivity contribution in [1.29, 1.82) is 0 Å². The Balaban J connectivity index is 0.000000455. The quantitative estimate of drug-likeness (QED) is 0.106. The lowest BCUT2D eigenvalue weighted by Crippen LogP contribution is -2.03. The number of benzene rings is 6. The van der Waals surface area contributed by atoms with Gasteiger partial charge in [0.1, 0.15) is 17.5 Å². The van der Waals surface area contributed by atoms with E-state index in [4.69, 9.17) is 0 Å². The Kier molecular flexibility index (Phi) is 35.7. The third-order valence-electron chi connectivity index (χ3n) is 14.7. The van der Waals surface area contributed by atoms with Crippen molar-refractivity contribution in [3.05, 3.63) is 245 Å². The number of nitrogens with zero attached hydrogens (tertiary/aromatic N) is 1. The SMILES string of the molecule is CC(C)Cc1ccccc1.CC(C)Cc1ccccc1F.CC(C)[C@@H](C)c1ccccc1.CC(C)[C@@H](C)c1ccccc1F.CC(C)[C@@H](C)c1ccccn1.CC(C)[C@H](C)c1ccccc1.CC(C)[C@H](C)c1ccccc1F. The van der Waals surface area contributed by atoms with E-state index in [1.54, 1.807) is 18.2 Å². The molecule has 4 heteroatoms. The molecule has 0 spiro atoms. The Hall–Kier alpha value is -5.74. The van der Waals surface area contributed by atoms with Gasteiger partial charge in [-0.15, -0.1) is 0 Å². The van der Waals surface area contributed by atoms with E-state index in [9.17, 15) is 13.2 Å². The summed E-state index contributed by atoms with van der Waals surface area (Å²) < 4.78 is 39.4. The first-order chi connectivity index (χ1) is 36.9. The van der Waals surface area contributed by atoms with Gasteiger partial charge in [-0.3, -0.25) is 4.98 Å². The molecule has 7 rings (SSSR count). The van der Waals surface area contributed by atoms with Gasteiger partial charge in [0.05, 0.1) is 0 Å². The van der Waals surface area contributed by atoms with E-state index in [1.807, 2.05) is 54.7 Å². The molecule has 1 heterocycles. The largest absolute Gasteiger partial charge is 0.261 e. The van der Waals surface area contributed by atoms with Crippen molar-refractivity contribution in [3.8, 4) is 0 Å². The standard InChI is InChI=1S/2C11H15F.2C11H16.C10H13F.C10H15N.C10H14/c2*1-8(2)9(3)10-6-4-5-7-11(10)12;2*1-9(2)10(3)11-7-5-4-6-8-11;1-8(2)7-9-5-3-4-6-10(9)11;1-8(2)9(3)10-6-4-5-7-11-10;1-9(2)8-10-6-4-3-5-7-10/h2*4-9H,1-3H3;2*4-10H,1-3H3;3-6,8H,7H2,1-2H3;4-9H,1-3H3;3-7,9H,8H2,1-2H3/t2*9-;2*10-;;9-;/m1010.1./s1. The number of aromatic nitrogens is 1. The summed E-state index contributed by atoms with van der Waals surface area (Å²) in [6, 6.07) is 59.0. The molecule has 0 saturated carbocycles. The van der Waals surface area contributed by atoms with E-state index in [0.717, 1.165) is 40.9 Å². The molecule has 0 aliphatic rings. The van der Waals surface area contributed by atoms with Gasteiger partial charge in [0, 0.05) is 17.8 Å². The minimum atomic E-state index is -0.0845. The third kappa shape index (κ3) is 29.3. The molecule has 5 atom stereocenters. The second-order valence-corrected chi connectivity index (χ2v) is 23.6. The van der Waals surface area contributed by atoms with Gasteiger partial charge in [0.25, 0.3) is 0 Å². The predicted octanol–water partition coefficient (Wildman–Crippen LogP) is 22.8. The predicted molar refractivity (Wildman–Crippen MR) is 336 cm³/mol. The minimum Gasteiger partial charge on any atom is -0.261 e. The lowest BCUT2D eigenvalue weighted by molar-refractivity contribution is 0.501. The second kappa shape index (κ2) is 39.6. The topological polar surface area (TPSA) is 12.9 Å². The van der Waals surface area contributed by atoms with Gasteiger partial charge in [-0.05, 0) is 142 Å². The van der Waals surface area contributed by atoms with Crippen LogP contribution in [-0.2, 0) is 12.8 Å². The summed E-state index contributed by atoms with van der Waals surface area (Å²) in [6.07, 6.45) is 3.88. The van der Waals surface area contributed by atoms with Crippen LogP contribution in [0.5, 0.6) is 0 Å². The van der Waals surface area contributed by atoms with E-state index < -0.39 is 0 Å². The number of rotatable bonds is 14. The number of pyridine rings is 1. The molecule has 78 heavy (non-hydrogen) atoms. The summed E-state index contributed by atoms with van der Waals surface area (Å²) in [4.78, 5) is 4.30. The highest BCUT2D eigenvalue weighted by Gasteiger charge is 2.15. The van der Waals surface area contributed by atoms with Crippen molar-refractivity contribution in [3.63, 3.8) is 0 Å². The Bertz CT molecular complexity index is 2340. The van der Waals surface area contributed by atoms with Crippen molar-refractivity contribution in [2.75, 3.05) is 0 Å². The zero-order chi connectivity index (χ0) is 58.7. The summed E-state index contributed by atoms with van der Waals surface area (Å²) in [6.45, 7) is 41.5. The zero-order valence-electron chi connectivity index (χ0n) is 51.8. The van der Waals surface area contributed by atoms with Crippen LogP contribution >= 0.6 is 0 Å². The van der Waals surface area contributed by atoms with Gasteiger partial charge in [-0.1, -0.05) is 283 Å². The summed E-state index contributed by atoms with van der Waals surface area (Å²) in [5, 5.41) is 0. The van der Waals surface area contributed by atoms with Crippen molar-refractivity contribution in [1.82, 2.24) is 4.98 Å². The van der Waals surface area contributed by atoms with Gasteiger partial charge in [-0.25, -0.2) is 13.2 Å². The summed E-state index contributed by atoms with van der Waals surface area (Å²) in [7, 11) is 0. The summed E-state index contributed by atoms with van der Waals surface area (Å²) in [5.74, 6) is 6.66. The monoisotopic (exact) mass is 1060 g/mol. The highest BCUT2D eigenvalue weighted by molar-refractivity contribution is 5.24. The zero-order valence-corrected chi connectivity index (χ0v) is 51.8. The average molecular weight is 1060 g/mol. The first-order valence-electron chi connectivity index (χ1n) is 29.2.